The minimum absolute atomic E-state index is 0.282. The second kappa shape index (κ2) is 5.84. The molecule has 1 unspecified atom stereocenters. The summed E-state index contributed by atoms with van der Waals surface area (Å²) in [4.78, 5) is 4.70. The van der Waals surface area contributed by atoms with E-state index in [-0.39, 0.29) is 5.82 Å². The summed E-state index contributed by atoms with van der Waals surface area (Å²) in [5.41, 5.74) is 6.86. The van der Waals surface area contributed by atoms with Gasteiger partial charge in [-0.15, -0.1) is 11.8 Å². The number of halogens is 1. The van der Waals surface area contributed by atoms with Gasteiger partial charge in [-0.3, -0.25) is 4.98 Å². The zero-order valence-corrected chi connectivity index (χ0v) is 10.4. The van der Waals surface area contributed by atoms with E-state index in [4.69, 9.17) is 5.73 Å². The van der Waals surface area contributed by atoms with Crippen molar-refractivity contribution in [1.29, 1.82) is 0 Å². The van der Waals surface area contributed by atoms with Crippen molar-refractivity contribution >= 4 is 17.4 Å². The number of benzene rings is 1. The third-order valence-electron chi connectivity index (χ3n) is 2.45. The molecule has 1 aromatic carbocycles. The largest absolute Gasteiger partial charge is 0.398 e. The average molecular weight is 264 g/mol. The van der Waals surface area contributed by atoms with E-state index in [1.807, 2.05) is 0 Å². The molecule has 0 saturated heterocycles. The van der Waals surface area contributed by atoms with E-state index in [1.165, 1.54) is 23.9 Å². The molecule has 94 valence electrons. The van der Waals surface area contributed by atoms with Crippen molar-refractivity contribution in [2.75, 3.05) is 11.5 Å². The van der Waals surface area contributed by atoms with E-state index < -0.39 is 6.10 Å². The number of anilines is 1. The minimum atomic E-state index is -0.716. The monoisotopic (exact) mass is 264 g/mol. The van der Waals surface area contributed by atoms with Gasteiger partial charge in [-0.1, -0.05) is 6.07 Å². The number of aliphatic hydroxyl groups is 1. The molecule has 0 aliphatic carbocycles. The van der Waals surface area contributed by atoms with E-state index in [0.29, 0.717) is 17.0 Å². The summed E-state index contributed by atoms with van der Waals surface area (Å²) in [6.07, 6.45) is 2.41. The molecule has 0 aliphatic heterocycles. The highest BCUT2D eigenvalue weighted by Gasteiger charge is 2.11. The smallest absolute Gasteiger partial charge is 0.124 e. The van der Waals surface area contributed by atoms with Crippen molar-refractivity contribution in [3.05, 3.63) is 54.1 Å². The van der Waals surface area contributed by atoms with Gasteiger partial charge in [0.2, 0.25) is 0 Å². The van der Waals surface area contributed by atoms with E-state index in [0.717, 1.165) is 4.90 Å². The molecule has 0 saturated carbocycles. The van der Waals surface area contributed by atoms with Gasteiger partial charge in [0, 0.05) is 34.3 Å². The van der Waals surface area contributed by atoms with E-state index >= 15 is 0 Å². The Morgan fingerprint density at radius 2 is 2.22 bits per heavy atom. The molecule has 0 bridgehead atoms. The number of hydrogen-bond donors (Lipinski definition) is 2. The first-order chi connectivity index (χ1) is 8.66. The Morgan fingerprint density at radius 1 is 1.39 bits per heavy atom. The number of thioether (sulfide) groups is 1. The summed E-state index contributed by atoms with van der Waals surface area (Å²) in [7, 11) is 0. The number of pyridine rings is 1. The first-order valence-corrected chi connectivity index (χ1v) is 6.41. The first kappa shape index (κ1) is 12.9. The number of nitrogen functional groups attached to an aromatic ring is 1. The maximum atomic E-state index is 13.0. The number of nitrogens with zero attached hydrogens (tertiary/aromatic N) is 1. The molecule has 3 nitrogen and oxygen atoms in total. The van der Waals surface area contributed by atoms with Gasteiger partial charge >= 0.3 is 0 Å². The molecule has 0 amide bonds. The van der Waals surface area contributed by atoms with Crippen LogP contribution in [0.4, 0.5) is 10.1 Å². The number of hydrogen-bond acceptors (Lipinski definition) is 4. The van der Waals surface area contributed by atoms with Gasteiger partial charge < -0.3 is 10.8 Å². The molecule has 0 fully saturated rings. The van der Waals surface area contributed by atoms with Crippen LogP contribution in [0.15, 0.2) is 47.6 Å². The maximum absolute atomic E-state index is 13.0. The Morgan fingerprint density at radius 3 is 2.94 bits per heavy atom. The third kappa shape index (κ3) is 3.21. The predicted molar refractivity (Wildman–Crippen MR) is 70.7 cm³/mol. The minimum Gasteiger partial charge on any atom is -0.398 e. The SMILES string of the molecule is Nc1ccncc1C(O)CSc1cccc(F)c1. The van der Waals surface area contributed by atoms with Crippen LogP contribution in [-0.2, 0) is 0 Å². The van der Waals surface area contributed by atoms with Gasteiger partial charge in [0.1, 0.15) is 5.82 Å². The van der Waals surface area contributed by atoms with Crippen molar-refractivity contribution < 1.29 is 9.50 Å². The summed E-state index contributed by atoms with van der Waals surface area (Å²) in [6.45, 7) is 0. The lowest BCUT2D eigenvalue weighted by atomic mass is 10.1. The first-order valence-electron chi connectivity index (χ1n) is 5.42. The van der Waals surface area contributed by atoms with Gasteiger partial charge in [0.25, 0.3) is 0 Å². The summed E-state index contributed by atoms with van der Waals surface area (Å²) in [5.74, 6) is 0.120. The van der Waals surface area contributed by atoms with Crippen LogP contribution in [0.25, 0.3) is 0 Å². The van der Waals surface area contributed by atoms with Gasteiger partial charge in [-0.25, -0.2) is 4.39 Å². The molecule has 1 heterocycles. The van der Waals surface area contributed by atoms with E-state index in [9.17, 15) is 9.50 Å². The number of aromatic nitrogens is 1. The molecular formula is C13H13FN2OS. The lowest BCUT2D eigenvalue weighted by Gasteiger charge is -2.12. The summed E-state index contributed by atoms with van der Waals surface area (Å²) in [6, 6.07) is 7.91. The summed E-state index contributed by atoms with van der Waals surface area (Å²) >= 11 is 1.37. The van der Waals surface area contributed by atoms with Crippen LogP contribution in [0.1, 0.15) is 11.7 Å². The number of nitrogens with two attached hydrogens (primary N) is 1. The third-order valence-corrected chi connectivity index (χ3v) is 3.52. The predicted octanol–water partition coefficient (Wildman–Crippen LogP) is 2.63. The Labute approximate surface area is 109 Å². The highest BCUT2D eigenvalue weighted by atomic mass is 32.2. The quantitative estimate of drug-likeness (QED) is 0.833. The topological polar surface area (TPSA) is 59.1 Å². The molecule has 2 aromatic rings. The van der Waals surface area contributed by atoms with Gasteiger partial charge in [0.05, 0.1) is 6.10 Å². The number of rotatable bonds is 4. The zero-order valence-electron chi connectivity index (χ0n) is 9.58. The standard InChI is InChI=1S/C13H13FN2OS/c14-9-2-1-3-10(6-9)18-8-13(17)11-7-16-5-4-12(11)15/h1-7,13,17H,8H2,(H2,15,16). The normalized spacial score (nSPS) is 12.3. The van der Waals surface area contributed by atoms with Crippen molar-refractivity contribution in [1.82, 2.24) is 4.98 Å². The van der Waals surface area contributed by atoms with Crippen LogP contribution >= 0.6 is 11.8 Å². The second-order valence-electron chi connectivity index (χ2n) is 3.79. The molecule has 3 N–H and O–H groups in total. The molecule has 1 atom stereocenters. The molecular weight excluding hydrogens is 251 g/mol. The Balaban J connectivity index is 2.00. The lowest BCUT2D eigenvalue weighted by molar-refractivity contribution is 0.204. The van der Waals surface area contributed by atoms with E-state index in [1.54, 1.807) is 30.6 Å². The van der Waals surface area contributed by atoms with Crippen LogP contribution in [0.2, 0.25) is 0 Å². The molecule has 2 rings (SSSR count). The highest BCUT2D eigenvalue weighted by Crippen LogP contribution is 2.27. The van der Waals surface area contributed by atoms with Crippen molar-refractivity contribution in [2.45, 2.75) is 11.0 Å². The number of aliphatic hydroxyl groups excluding tert-OH is 1. The lowest BCUT2D eigenvalue weighted by Crippen LogP contribution is -2.05. The molecule has 0 aliphatic rings. The van der Waals surface area contributed by atoms with Crippen LogP contribution in [0.5, 0.6) is 0 Å². The van der Waals surface area contributed by atoms with Crippen molar-refractivity contribution in [2.24, 2.45) is 0 Å². The van der Waals surface area contributed by atoms with Gasteiger partial charge in [-0.2, -0.15) is 0 Å². The fourth-order valence-electron chi connectivity index (χ4n) is 1.52. The van der Waals surface area contributed by atoms with Crippen LogP contribution in [0.3, 0.4) is 0 Å². The van der Waals surface area contributed by atoms with Crippen LogP contribution < -0.4 is 5.73 Å². The molecule has 5 heteroatoms. The molecule has 1 aromatic heterocycles. The van der Waals surface area contributed by atoms with Crippen LogP contribution in [-0.4, -0.2) is 15.8 Å². The molecule has 0 spiro atoms. The maximum Gasteiger partial charge on any atom is 0.124 e. The average Bonchev–Trinajstić information content (AvgIpc) is 2.37. The fraction of sp³-hybridized carbons (Fsp3) is 0.154. The summed E-state index contributed by atoms with van der Waals surface area (Å²) < 4.78 is 13.0. The fourth-order valence-corrected chi connectivity index (χ4v) is 2.42. The second-order valence-corrected chi connectivity index (χ2v) is 4.88. The summed E-state index contributed by atoms with van der Waals surface area (Å²) in [5, 5.41) is 10.00. The Hall–Kier alpha value is -1.59. The van der Waals surface area contributed by atoms with E-state index in [2.05, 4.69) is 4.98 Å². The zero-order chi connectivity index (χ0) is 13.0. The van der Waals surface area contributed by atoms with Crippen molar-refractivity contribution in [3.8, 4) is 0 Å². The Bertz CT molecular complexity index is 536. The molecule has 18 heavy (non-hydrogen) atoms. The molecule has 0 radical (unpaired) electrons. The highest BCUT2D eigenvalue weighted by molar-refractivity contribution is 7.99. The van der Waals surface area contributed by atoms with Gasteiger partial charge in [-0.05, 0) is 24.3 Å². The Kier molecular flexibility index (Phi) is 4.17. The van der Waals surface area contributed by atoms with Crippen LogP contribution in [0, 0.1) is 5.82 Å². The van der Waals surface area contributed by atoms with Gasteiger partial charge in [0.15, 0.2) is 0 Å². The van der Waals surface area contributed by atoms with Crippen molar-refractivity contribution in [3.63, 3.8) is 0 Å².